The Balaban J connectivity index is 0.00000193. The maximum atomic E-state index is 12.9. The van der Waals surface area contributed by atoms with Gasteiger partial charge in [0.2, 0.25) is 0 Å². The van der Waals surface area contributed by atoms with Crippen molar-refractivity contribution in [3.05, 3.63) is 47.8 Å². The van der Waals surface area contributed by atoms with Crippen LogP contribution in [0.25, 0.3) is 11.0 Å². The van der Waals surface area contributed by atoms with E-state index in [1.807, 2.05) is 37.3 Å². The molecule has 3 aromatic rings. The number of pyridine rings is 1. The van der Waals surface area contributed by atoms with Crippen molar-refractivity contribution in [2.75, 3.05) is 19.8 Å². The van der Waals surface area contributed by atoms with Crippen molar-refractivity contribution in [3.8, 4) is 5.75 Å². The molecule has 0 radical (unpaired) electrons. The molecule has 0 bridgehead atoms. The molecule has 1 aromatic carbocycles. The molecule has 3 heterocycles. The standard InChI is InChI=1S/C23H29N3O4S.Na.H/c1-3-10-23(29-13-6-14-30-23)11-15-28-21-9-12-24-20(17(21)2)16-31(27)22-25-18-7-4-5-8-19(18)26-22;;/h4-5,7-9,12H,3,6,10-11,13-16H2,1-2H3,(H,25,26);;/q;+1;-1. The fourth-order valence-electron chi connectivity index (χ4n) is 3.82. The van der Waals surface area contributed by atoms with Gasteiger partial charge in [0, 0.05) is 24.6 Å². The molecule has 0 amide bonds. The van der Waals surface area contributed by atoms with Crippen LogP contribution in [0.3, 0.4) is 0 Å². The van der Waals surface area contributed by atoms with Crippen molar-refractivity contribution in [1.29, 1.82) is 0 Å². The Hall–Kier alpha value is -1.29. The summed E-state index contributed by atoms with van der Waals surface area (Å²) in [6.07, 6.45) is 5.15. The van der Waals surface area contributed by atoms with Crippen LogP contribution in [-0.4, -0.2) is 44.8 Å². The zero-order valence-corrected chi connectivity index (χ0v) is 21.9. The molecule has 0 spiro atoms. The molecule has 7 nitrogen and oxygen atoms in total. The summed E-state index contributed by atoms with van der Waals surface area (Å²) in [5.74, 6) is 0.475. The second kappa shape index (κ2) is 11.7. The Morgan fingerprint density at radius 2 is 2.00 bits per heavy atom. The topological polar surface area (TPSA) is 86.3 Å². The Morgan fingerprint density at radius 3 is 2.75 bits per heavy atom. The summed E-state index contributed by atoms with van der Waals surface area (Å²) in [6.45, 7) is 6.02. The Bertz CT molecular complexity index is 1020. The monoisotopic (exact) mass is 467 g/mol. The smallest absolute Gasteiger partial charge is 1.00 e. The first kappa shape index (κ1) is 25.3. The van der Waals surface area contributed by atoms with Gasteiger partial charge in [-0.25, -0.2) is 4.98 Å². The van der Waals surface area contributed by atoms with Crippen LogP contribution in [0.4, 0.5) is 0 Å². The van der Waals surface area contributed by atoms with Crippen molar-refractivity contribution in [1.82, 2.24) is 15.0 Å². The summed E-state index contributed by atoms with van der Waals surface area (Å²) in [5, 5.41) is 0.460. The Kier molecular flexibility index (Phi) is 9.28. The van der Waals surface area contributed by atoms with E-state index in [9.17, 15) is 4.21 Å². The van der Waals surface area contributed by atoms with E-state index in [0.29, 0.717) is 18.2 Å². The minimum atomic E-state index is -1.33. The van der Waals surface area contributed by atoms with Crippen LogP contribution < -0.4 is 34.3 Å². The number of para-hydroxylation sites is 2. The molecule has 168 valence electrons. The molecule has 0 aliphatic carbocycles. The van der Waals surface area contributed by atoms with E-state index >= 15 is 0 Å². The number of H-pyrrole nitrogens is 1. The van der Waals surface area contributed by atoms with E-state index < -0.39 is 16.6 Å². The average molecular weight is 468 g/mol. The van der Waals surface area contributed by atoms with Gasteiger partial charge in [0.1, 0.15) is 5.75 Å². The van der Waals surface area contributed by atoms with Crippen molar-refractivity contribution in [2.24, 2.45) is 0 Å². The molecule has 2 aromatic heterocycles. The van der Waals surface area contributed by atoms with Crippen LogP contribution >= 0.6 is 0 Å². The first-order valence-corrected chi connectivity index (χ1v) is 12.1. The van der Waals surface area contributed by atoms with Gasteiger partial charge in [0.25, 0.3) is 0 Å². The zero-order chi connectivity index (χ0) is 21.7. The van der Waals surface area contributed by atoms with Crippen molar-refractivity contribution >= 4 is 21.8 Å². The molecular weight excluding hydrogens is 437 g/mol. The van der Waals surface area contributed by atoms with Gasteiger partial charge in [-0.2, -0.15) is 0 Å². The molecule has 9 heteroatoms. The minimum absolute atomic E-state index is 0. The second-order valence-corrected chi connectivity index (χ2v) is 9.11. The number of aromatic amines is 1. The third-order valence-corrected chi connectivity index (χ3v) is 6.66. The van der Waals surface area contributed by atoms with E-state index in [2.05, 4.69) is 21.9 Å². The van der Waals surface area contributed by atoms with Gasteiger partial charge in [-0.05, 0) is 31.5 Å². The number of hydrogen-bond acceptors (Lipinski definition) is 6. The maximum Gasteiger partial charge on any atom is 1.00 e. The summed E-state index contributed by atoms with van der Waals surface area (Å²) in [4.78, 5) is 12.0. The van der Waals surface area contributed by atoms with Crippen molar-refractivity contribution < 1.29 is 49.4 Å². The van der Waals surface area contributed by atoms with Gasteiger partial charge < -0.3 is 20.6 Å². The molecule has 1 saturated heterocycles. The summed E-state index contributed by atoms with van der Waals surface area (Å²) < 4.78 is 30.9. The van der Waals surface area contributed by atoms with Gasteiger partial charge in [-0.1, -0.05) is 25.5 Å². The van der Waals surface area contributed by atoms with E-state index in [1.165, 1.54) is 0 Å². The first-order chi connectivity index (χ1) is 15.1. The molecule has 1 unspecified atom stereocenters. The molecular formula is C23H30N3NaO4S. The van der Waals surface area contributed by atoms with Gasteiger partial charge >= 0.3 is 29.6 Å². The normalized spacial score (nSPS) is 16.4. The van der Waals surface area contributed by atoms with E-state index in [-0.39, 0.29) is 36.7 Å². The van der Waals surface area contributed by atoms with Crippen molar-refractivity contribution in [3.63, 3.8) is 0 Å². The molecule has 1 N–H and O–H groups in total. The first-order valence-electron chi connectivity index (χ1n) is 10.8. The average Bonchev–Trinajstić information content (AvgIpc) is 3.22. The third-order valence-electron chi connectivity index (χ3n) is 5.50. The molecule has 4 rings (SSSR count). The number of aromatic nitrogens is 3. The number of rotatable bonds is 9. The molecule has 0 saturated carbocycles. The predicted octanol–water partition coefficient (Wildman–Crippen LogP) is 1.39. The number of benzene rings is 1. The van der Waals surface area contributed by atoms with Crippen LogP contribution in [-0.2, 0) is 26.0 Å². The van der Waals surface area contributed by atoms with Crippen LogP contribution in [0.1, 0.15) is 45.3 Å². The van der Waals surface area contributed by atoms with Gasteiger partial charge in [-0.15, -0.1) is 0 Å². The summed E-state index contributed by atoms with van der Waals surface area (Å²) in [5.41, 5.74) is 3.31. The van der Waals surface area contributed by atoms with Gasteiger partial charge in [0.05, 0.1) is 53.1 Å². The van der Waals surface area contributed by atoms with Crippen LogP contribution in [0.5, 0.6) is 5.75 Å². The molecule has 1 aliphatic heterocycles. The fraction of sp³-hybridized carbons (Fsp3) is 0.478. The van der Waals surface area contributed by atoms with Gasteiger partial charge in [-0.3, -0.25) is 9.19 Å². The Morgan fingerprint density at radius 1 is 1.22 bits per heavy atom. The van der Waals surface area contributed by atoms with E-state index in [0.717, 1.165) is 60.5 Å². The number of fused-ring (bicyclic) bond motifs is 1. The molecule has 1 atom stereocenters. The molecule has 1 aliphatic rings. The summed E-state index contributed by atoms with van der Waals surface area (Å²) >= 11 is 0. The summed E-state index contributed by atoms with van der Waals surface area (Å²) in [6, 6.07) is 9.50. The fourth-order valence-corrected chi connectivity index (χ4v) is 4.92. The number of nitrogens with one attached hydrogen (secondary N) is 1. The van der Waals surface area contributed by atoms with Gasteiger partial charge in [0.15, 0.2) is 10.9 Å². The zero-order valence-electron chi connectivity index (χ0n) is 20.1. The molecule has 32 heavy (non-hydrogen) atoms. The number of hydrogen-bond donors (Lipinski definition) is 1. The van der Waals surface area contributed by atoms with Crippen molar-refractivity contribution in [2.45, 2.75) is 56.2 Å². The maximum absolute atomic E-state index is 12.9. The minimum Gasteiger partial charge on any atom is -1.00 e. The largest absolute Gasteiger partial charge is 1.00 e. The van der Waals surface area contributed by atoms with Crippen LogP contribution in [0.15, 0.2) is 41.7 Å². The SMILES string of the molecule is CCCC1(CCOc2ccnc(CS(=O)c3nc4ccccc4[nH]3)c2C)OCCCO1.[H-].[Na+]. The quantitative estimate of drug-likeness (QED) is 0.479. The number of nitrogens with zero attached hydrogens (tertiary/aromatic N) is 2. The molecule has 1 fully saturated rings. The number of ether oxygens (including phenoxy) is 3. The summed E-state index contributed by atoms with van der Waals surface area (Å²) in [7, 11) is -1.33. The van der Waals surface area contributed by atoms with E-state index in [1.54, 1.807) is 6.20 Å². The van der Waals surface area contributed by atoms with Crippen LogP contribution in [0.2, 0.25) is 0 Å². The third kappa shape index (κ3) is 5.98. The Labute approximate surface area is 214 Å². The van der Waals surface area contributed by atoms with Crippen LogP contribution in [0, 0.1) is 6.92 Å². The number of imidazole rings is 1. The van der Waals surface area contributed by atoms with E-state index in [4.69, 9.17) is 14.2 Å². The predicted molar refractivity (Wildman–Crippen MR) is 121 cm³/mol. The second-order valence-electron chi connectivity index (χ2n) is 7.74.